The number of aromatic nitrogens is 2. The first-order chi connectivity index (χ1) is 13.0. The van der Waals surface area contributed by atoms with Crippen molar-refractivity contribution in [3.05, 3.63) is 87.3 Å². The molecule has 4 aromatic rings. The molecule has 0 bridgehead atoms. The Morgan fingerprint density at radius 1 is 1.11 bits per heavy atom. The lowest BCUT2D eigenvalue weighted by Crippen LogP contribution is -2.21. The molecule has 2 aromatic heterocycles. The van der Waals surface area contributed by atoms with E-state index in [0.29, 0.717) is 17.8 Å². The minimum atomic E-state index is 0.0192. The van der Waals surface area contributed by atoms with E-state index in [-0.39, 0.29) is 5.56 Å². The summed E-state index contributed by atoms with van der Waals surface area (Å²) in [6.45, 7) is 6.96. The van der Waals surface area contributed by atoms with E-state index >= 15 is 0 Å². The van der Waals surface area contributed by atoms with Gasteiger partial charge in [0, 0.05) is 10.9 Å². The highest BCUT2D eigenvalue weighted by molar-refractivity contribution is 7.17. The van der Waals surface area contributed by atoms with Crippen molar-refractivity contribution in [1.82, 2.24) is 9.55 Å². The molecule has 2 aromatic carbocycles. The van der Waals surface area contributed by atoms with E-state index in [1.165, 1.54) is 22.5 Å². The molecule has 3 nitrogen and oxygen atoms in total. The largest absolute Gasteiger partial charge is 0.294 e. The zero-order chi connectivity index (χ0) is 19.0. The molecule has 0 atom stereocenters. The van der Waals surface area contributed by atoms with Gasteiger partial charge in [0.25, 0.3) is 5.56 Å². The normalized spacial score (nSPS) is 11.4. The molecule has 0 aliphatic heterocycles. The minimum absolute atomic E-state index is 0.0192. The summed E-state index contributed by atoms with van der Waals surface area (Å²) in [5, 5.41) is 2.76. The van der Waals surface area contributed by atoms with Gasteiger partial charge in [-0.3, -0.25) is 9.36 Å². The molecule has 0 fully saturated rings. The maximum absolute atomic E-state index is 13.2. The average molecular weight is 375 g/mol. The lowest BCUT2D eigenvalue weighted by molar-refractivity contribution is 0.749. The molecule has 0 amide bonds. The van der Waals surface area contributed by atoms with Crippen LogP contribution in [0.2, 0.25) is 0 Å². The Balaban J connectivity index is 1.78. The fraction of sp³-hybridized carbons (Fsp3) is 0.217. The summed E-state index contributed by atoms with van der Waals surface area (Å²) >= 11 is 1.53. The smallest absolute Gasteiger partial charge is 0.263 e. The first-order valence-corrected chi connectivity index (χ1v) is 10.0. The van der Waals surface area contributed by atoms with Gasteiger partial charge in [-0.1, -0.05) is 67.9 Å². The average Bonchev–Trinajstić information content (AvgIpc) is 3.09. The molecule has 0 N–H and O–H groups in total. The van der Waals surface area contributed by atoms with Crippen molar-refractivity contribution in [3.8, 4) is 11.1 Å². The van der Waals surface area contributed by atoms with E-state index in [2.05, 4.69) is 62.2 Å². The van der Waals surface area contributed by atoms with Gasteiger partial charge in [-0.15, -0.1) is 11.3 Å². The molecular formula is C23H22N2OS. The number of benzene rings is 2. The van der Waals surface area contributed by atoms with Crippen molar-refractivity contribution in [2.24, 2.45) is 0 Å². The summed E-state index contributed by atoms with van der Waals surface area (Å²) in [6.07, 6.45) is 1.66. The number of aryl methyl sites for hydroxylation is 1. The van der Waals surface area contributed by atoms with Crippen molar-refractivity contribution in [3.63, 3.8) is 0 Å². The van der Waals surface area contributed by atoms with Crippen molar-refractivity contribution in [1.29, 1.82) is 0 Å². The highest BCUT2D eigenvalue weighted by atomic mass is 32.1. The third kappa shape index (κ3) is 3.45. The molecule has 136 valence electrons. The van der Waals surface area contributed by atoms with Gasteiger partial charge in [-0.05, 0) is 29.5 Å². The van der Waals surface area contributed by atoms with Crippen LogP contribution < -0.4 is 5.56 Å². The Hall–Kier alpha value is -2.72. The van der Waals surface area contributed by atoms with Gasteiger partial charge in [0.15, 0.2) is 0 Å². The number of fused-ring (bicyclic) bond motifs is 1. The van der Waals surface area contributed by atoms with Crippen molar-refractivity contribution < 1.29 is 0 Å². The van der Waals surface area contributed by atoms with Gasteiger partial charge in [-0.2, -0.15) is 0 Å². The monoisotopic (exact) mass is 374 g/mol. The van der Waals surface area contributed by atoms with Crippen LogP contribution in [0.25, 0.3) is 21.3 Å². The second-order valence-corrected chi connectivity index (χ2v) is 8.13. The van der Waals surface area contributed by atoms with Crippen LogP contribution in [-0.4, -0.2) is 9.55 Å². The second-order valence-electron chi connectivity index (χ2n) is 7.27. The molecule has 0 aliphatic carbocycles. The third-order valence-electron chi connectivity index (χ3n) is 4.88. The molecule has 27 heavy (non-hydrogen) atoms. The molecule has 4 rings (SSSR count). The van der Waals surface area contributed by atoms with Crippen molar-refractivity contribution in [2.75, 3.05) is 0 Å². The molecule has 0 spiro atoms. The maximum Gasteiger partial charge on any atom is 0.263 e. The Morgan fingerprint density at radius 3 is 2.59 bits per heavy atom. The Kier molecular flexibility index (Phi) is 4.66. The SMILES string of the molecule is Cc1cccc(Cn2cnc3scc(-c4ccc(C(C)C)cc4)c3c2=O)c1. The van der Waals surface area contributed by atoms with Crippen LogP contribution in [0.5, 0.6) is 0 Å². The van der Waals surface area contributed by atoms with Crippen LogP contribution in [0.1, 0.15) is 36.5 Å². The zero-order valence-corrected chi connectivity index (χ0v) is 16.6. The van der Waals surface area contributed by atoms with Crippen LogP contribution in [0.3, 0.4) is 0 Å². The fourth-order valence-electron chi connectivity index (χ4n) is 3.35. The molecule has 0 aliphatic rings. The summed E-state index contributed by atoms with van der Waals surface area (Å²) < 4.78 is 1.70. The molecular weight excluding hydrogens is 352 g/mol. The van der Waals surface area contributed by atoms with Crippen LogP contribution in [0, 0.1) is 6.92 Å². The van der Waals surface area contributed by atoms with Crippen LogP contribution in [-0.2, 0) is 6.54 Å². The molecule has 0 saturated heterocycles. The summed E-state index contributed by atoms with van der Waals surface area (Å²) in [5.74, 6) is 0.492. The quantitative estimate of drug-likeness (QED) is 0.466. The highest BCUT2D eigenvalue weighted by Crippen LogP contribution is 2.31. The van der Waals surface area contributed by atoms with Gasteiger partial charge in [-0.25, -0.2) is 4.98 Å². The van der Waals surface area contributed by atoms with E-state index in [9.17, 15) is 4.79 Å². The summed E-state index contributed by atoms with van der Waals surface area (Å²) in [6, 6.07) is 16.7. The van der Waals surface area contributed by atoms with Crippen molar-refractivity contribution >= 4 is 21.6 Å². The minimum Gasteiger partial charge on any atom is -0.294 e. The second kappa shape index (κ2) is 7.12. The maximum atomic E-state index is 13.2. The zero-order valence-electron chi connectivity index (χ0n) is 15.8. The number of rotatable bonds is 4. The highest BCUT2D eigenvalue weighted by Gasteiger charge is 2.14. The van der Waals surface area contributed by atoms with Crippen LogP contribution in [0.4, 0.5) is 0 Å². The summed E-state index contributed by atoms with van der Waals surface area (Å²) in [4.78, 5) is 18.5. The van der Waals surface area contributed by atoms with Crippen molar-refractivity contribution in [2.45, 2.75) is 33.2 Å². The van der Waals surface area contributed by atoms with E-state index in [1.807, 2.05) is 17.5 Å². The Bertz CT molecular complexity index is 1150. The molecule has 2 heterocycles. The van der Waals surface area contributed by atoms with E-state index < -0.39 is 0 Å². The van der Waals surface area contributed by atoms with Gasteiger partial charge >= 0.3 is 0 Å². The van der Waals surface area contributed by atoms with E-state index in [0.717, 1.165) is 21.5 Å². The van der Waals surface area contributed by atoms with Gasteiger partial charge in [0.2, 0.25) is 0 Å². The topological polar surface area (TPSA) is 34.9 Å². The lowest BCUT2D eigenvalue weighted by Gasteiger charge is -2.08. The predicted molar refractivity (Wildman–Crippen MR) is 114 cm³/mol. The van der Waals surface area contributed by atoms with Gasteiger partial charge in [0.05, 0.1) is 18.3 Å². The van der Waals surface area contributed by atoms with Gasteiger partial charge < -0.3 is 0 Å². The number of hydrogen-bond donors (Lipinski definition) is 0. The van der Waals surface area contributed by atoms with E-state index in [4.69, 9.17) is 0 Å². The van der Waals surface area contributed by atoms with Crippen LogP contribution >= 0.6 is 11.3 Å². The van der Waals surface area contributed by atoms with Crippen LogP contribution in [0.15, 0.2) is 65.0 Å². The van der Waals surface area contributed by atoms with Gasteiger partial charge in [0.1, 0.15) is 4.83 Å². The third-order valence-corrected chi connectivity index (χ3v) is 5.77. The number of nitrogens with zero attached hydrogens (tertiary/aromatic N) is 2. The number of thiophene rings is 1. The summed E-state index contributed by atoms with van der Waals surface area (Å²) in [5.41, 5.74) is 5.66. The number of hydrogen-bond acceptors (Lipinski definition) is 3. The summed E-state index contributed by atoms with van der Waals surface area (Å²) in [7, 11) is 0. The standard InChI is InChI=1S/C23H22N2OS/c1-15(2)18-7-9-19(10-8-18)20-13-27-22-21(20)23(26)25(14-24-22)12-17-6-4-5-16(3)11-17/h4-11,13-15H,12H2,1-3H3. The van der Waals surface area contributed by atoms with E-state index in [1.54, 1.807) is 10.9 Å². The Morgan fingerprint density at radius 2 is 1.89 bits per heavy atom. The fourth-order valence-corrected chi connectivity index (χ4v) is 4.25. The predicted octanol–water partition coefficient (Wildman–Crippen LogP) is 5.61. The molecule has 0 radical (unpaired) electrons. The molecule has 0 saturated carbocycles. The Labute approximate surface area is 163 Å². The first kappa shape index (κ1) is 17.7. The molecule has 0 unspecified atom stereocenters. The lowest BCUT2D eigenvalue weighted by atomic mass is 9.99. The molecule has 4 heteroatoms. The first-order valence-electron chi connectivity index (χ1n) is 9.15.